The Hall–Kier alpha value is -2.75. The van der Waals surface area contributed by atoms with Gasteiger partial charge in [-0.3, -0.25) is 4.79 Å². The highest BCUT2D eigenvalue weighted by molar-refractivity contribution is 5.96. The number of amides is 1. The number of aromatic amines is 1. The van der Waals surface area contributed by atoms with Crippen molar-refractivity contribution in [2.24, 2.45) is 0 Å². The Morgan fingerprint density at radius 2 is 1.70 bits per heavy atom. The summed E-state index contributed by atoms with van der Waals surface area (Å²) in [6.45, 7) is 2.02. The lowest BCUT2D eigenvalue weighted by molar-refractivity contribution is -0.115. The number of carbonyl (C=O) groups is 1. The molecule has 1 aliphatic rings. The molecule has 0 atom stereocenters. The van der Waals surface area contributed by atoms with Crippen molar-refractivity contribution in [1.82, 2.24) is 4.98 Å². The van der Waals surface area contributed by atoms with Crippen molar-refractivity contribution in [1.29, 1.82) is 0 Å². The van der Waals surface area contributed by atoms with E-state index in [2.05, 4.69) is 33.8 Å². The number of para-hydroxylation sites is 1. The highest BCUT2D eigenvalue weighted by Gasteiger charge is 2.14. The van der Waals surface area contributed by atoms with Crippen LogP contribution in [0.4, 0.5) is 11.4 Å². The Kier molecular flexibility index (Phi) is 5.14. The highest BCUT2D eigenvalue weighted by atomic mass is 16.1. The number of nitrogens with one attached hydrogen (secondary N) is 3. The van der Waals surface area contributed by atoms with Crippen LogP contribution < -0.4 is 10.6 Å². The van der Waals surface area contributed by atoms with E-state index in [1.807, 2.05) is 37.3 Å². The van der Waals surface area contributed by atoms with E-state index in [9.17, 15) is 4.79 Å². The van der Waals surface area contributed by atoms with Gasteiger partial charge in [0.2, 0.25) is 5.91 Å². The fraction of sp³-hybridized carbons (Fsp3) is 0.348. The van der Waals surface area contributed by atoms with E-state index in [0.717, 1.165) is 33.5 Å². The predicted molar refractivity (Wildman–Crippen MR) is 112 cm³/mol. The van der Waals surface area contributed by atoms with E-state index < -0.39 is 0 Å². The summed E-state index contributed by atoms with van der Waals surface area (Å²) in [7, 11) is 0. The topological polar surface area (TPSA) is 56.9 Å². The van der Waals surface area contributed by atoms with Crippen molar-refractivity contribution in [2.75, 3.05) is 10.6 Å². The molecule has 1 heterocycles. The molecule has 4 rings (SSSR count). The fourth-order valence-electron chi connectivity index (χ4n) is 4.06. The summed E-state index contributed by atoms with van der Waals surface area (Å²) in [5, 5.41) is 7.75. The summed E-state index contributed by atoms with van der Waals surface area (Å²) in [6.07, 6.45) is 6.88. The molecule has 1 aliphatic carbocycles. The molecule has 140 valence electrons. The molecule has 27 heavy (non-hydrogen) atoms. The van der Waals surface area contributed by atoms with Gasteiger partial charge in [0.15, 0.2) is 0 Å². The van der Waals surface area contributed by atoms with Crippen LogP contribution in [-0.4, -0.2) is 16.9 Å². The second kappa shape index (κ2) is 7.87. The SMILES string of the molecule is Cc1[nH]c2ccccc2c1CC(=O)Nc1ccc(NC2CCCCC2)cc1. The maximum Gasteiger partial charge on any atom is 0.228 e. The van der Waals surface area contributed by atoms with Crippen LogP contribution in [0.1, 0.15) is 43.4 Å². The summed E-state index contributed by atoms with van der Waals surface area (Å²) in [4.78, 5) is 15.9. The molecular formula is C23H27N3O. The smallest absolute Gasteiger partial charge is 0.228 e. The molecule has 0 unspecified atom stereocenters. The Balaban J connectivity index is 1.38. The molecule has 0 radical (unpaired) electrons. The lowest BCUT2D eigenvalue weighted by Crippen LogP contribution is -2.22. The molecule has 3 N–H and O–H groups in total. The third kappa shape index (κ3) is 4.16. The quantitative estimate of drug-likeness (QED) is 0.570. The monoisotopic (exact) mass is 361 g/mol. The third-order valence-electron chi connectivity index (χ3n) is 5.51. The molecule has 4 heteroatoms. The van der Waals surface area contributed by atoms with E-state index in [0.29, 0.717) is 12.5 Å². The third-order valence-corrected chi connectivity index (χ3v) is 5.51. The number of hydrogen-bond donors (Lipinski definition) is 3. The molecule has 3 aromatic rings. The molecular weight excluding hydrogens is 334 g/mol. The van der Waals surface area contributed by atoms with Crippen molar-refractivity contribution < 1.29 is 4.79 Å². The lowest BCUT2D eigenvalue weighted by Gasteiger charge is -2.23. The van der Waals surface area contributed by atoms with Gasteiger partial charge in [0.1, 0.15) is 0 Å². The minimum atomic E-state index is 0.0100. The molecule has 4 nitrogen and oxygen atoms in total. The van der Waals surface area contributed by atoms with Gasteiger partial charge in [-0.15, -0.1) is 0 Å². The van der Waals surface area contributed by atoms with Gasteiger partial charge in [0.25, 0.3) is 0 Å². The summed E-state index contributed by atoms with van der Waals surface area (Å²) >= 11 is 0. The maximum absolute atomic E-state index is 12.5. The predicted octanol–water partition coefficient (Wildman–Crippen LogP) is 5.40. The fourth-order valence-corrected chi connectivity index (χ4v) is 4.06. The Morgan fingerprint density at radius 1 is 1.00 bits per heavy atom. The number of carbonyl (C=O) groups excluding carboxylic acids is 1. The normalized spacial score (nSPS) is 15.0. The number of anilines is 2. The van der Waals surface area contributed by atoms with Crippen LogP contribution in [0.3, 0.4) is 0 Å². The first-order valence-corrected chi connectivity index (χ1v) is 9.92. The molecule has 1 aromatic heterocycles. The van der Waals surface area contributed by atoms with Gasteiger partial charge in [-0.05, 0) is 55.7 Å². The van der Waals surface area contributed by atoms with Crippen molar-refractivity contribution in [3.8, 4) is 0 Å². The Bertz CT molecular complexity index is 920. The van der Waals surface area contributed by atoms with E-state index in [1.165, 1.54) is 32.1 Å². The number of fused-ring (bicyclic) bond motifs is 1. The molecule has 0 bridgehead atoms. The van der Waals surface area contributed by atoms with Crippen LogP contribution in [0, 0.1) is 6.92 Å². The van der Waals surface area contributed by atoms with Gasteiger partial charge < -0.3 is 15.6 Å². The first-order valence-electron chi connectivity index (χ1n) is 9.92. The van der Waals surface area contributed by atoms with Crippen LogP contribution in [0.5, 0.6) is 0 Å². The first-order chi connectivity index (χ1) is 13.2. The van der Waals surface area contributed by atoms with Gasteiger partial charge in [0.05, 0.1) is 6.42 Å². The lowest BCUT2D eigenvalue weighted by atomic mass is 9.95. The van der Waals surface area contributed by atoms with Crippen LogP contribution in [0.2, 0.25) is 0 Å². The van der Waals surface area contributed by atoms with Gasteiger partial charge >= 0.3 is 0 Å². The second-order valence-corrected chi connectivity index (χ2v) is 7.56. The molecule has 1 fully saturated rings. The Morgan fingerprint density at radius 3 is 2.48 bits per heavy atom. The largest absolute Gasteiger partial charge is 0.382 e. The van der Waals surface area contributed by atoms with E-state index >= 15 is 0 Å². The zero-order chi connectivity index (χ0) is 18.6. The minimum absolute atomic E-state index is 0.0100. The first kappa shape index (κ1) is 17.7. The van der Waals surface area contributed by atoms with Crippen LogP contribution >= 0.6 is 0 Å². The Labute approximate surface area is 160 Å². The molecule has 1 saturated carbocycles. The van der Waals surface area contributed by atoms with Crippen molar-refractivity contribution in [3.05, 3.63) is 59.8 Å². The summed E-state index contributed by atoms with van der Waals surface area (Å²) in [6, 6.07) is 16.8. The van der Waals surface area contributed by atoms with E-state index in [-0.39, 0.29) is 5.91 Å². The summed E-state index contributed by atoms with van der Waals surface area (Å²) in [5.74, 6) is 0.0100. The highest BCUT2D eigenvalue weighted by Crippen LogP contribution is 2.24. The van der Waals surface area contributed by atoms with Crippen molar-refractivity contribution in [3.63, 3.8) is 0 Å². The van der Waals surface area contributed by atoms with Crippen molar-refractivity contribution in [2.45, 2.75) is 51.5 Å². The van der Waals surface area contributed by atoms with Crippen LogP contribution in [-0.2, 0) is 11.2 Å². The van der Waals surface area contributed by atoms with E-state index in [4.69, 9.17) is 0 Å². The molecule has 1 amide bonds. The number of rotatable bonds is 5. The minimum Gasteiger partial charge on any atom is -0.382 e. The number of hydrogen-bond acceptors (Lipinski definition) is 2. The molecule has 0 saturated heterocycles. The van der Waals surface area contributed by atoms with Crippen molar-refractivity contribution >= 4 is 28.2 Å². The average Bonchev–Trinajstić information content (AvgIpc) is 2.99. The molecule has 0 spiro atoms. The maximum atomic E-state index is 12.5. The molecule has 0 aliphatic heterocycles. The van der Waals surface area contributed by atoms with E-state index in [1.54, 1.807) is 0 Å². The second-order valence-electron chi connectivity index (χ2n) is 7.56. The zero-order valence-electron chi connectivity index (χ0n) is 15.8. The van der Waals surface area contributed by atoms with Gasteiger partial charge in [-0.25, -0.2) is 0 Å². The number of aromatic nitrogens is 1. The summed E-state index contributed by atoms with van der Waals surface area (Å²) < 4.78 is 0. The van der Waals surface area contributed by atoms with Gasteiger partial charge in [0, 0.05) is 34.0 Å². The number of H-pyrrole nitrogens is 1. The van der Waals surface area contributed by atoms with Gasteiger partial charge in [-0.2, -0.15) is 0 Å². The summed E-state index contributed by atoms with van der Waals surface area (Å²) in [5.41, 5.74) is 5.17. The van der Waals surface area contributed by atoms with Gasteiger partial charge in [-0.1, -0.05) is 37.5 Å². The standard InChI is InChI=1S/C23H27N3O/c1-16-21(20-9-5-6-10-22(20)24-16)15-23(27)26-19-13-11-18(12-14-19)25-17-7-3-2-4-8-17/h5-6,9-14,17,24-25H,2-4,7-8,15H2,1H3,(H,26,27). The molecule has 2 aromatic carbocycles. The number of aryl methyl sites for hydroxylation is 1. The van der Waals surface area contributed by atoms with Crippen LogP contribution in [0.25, 0.3) is 10.9 Å². The zero-order valence-corrected chi connectivity index (χ0v) is 15.8. The van der Waals surface area contributed by atoms with Crippen LogP contribution in [0.15, 0.2) is 48.5 Å². The average molecular weight is 361 g/mol. The number of benzene rings is 2.